The Morgan fingerprint density at radius 1 is 1.03 bits per heavy atom. The summed E-state index contributed by atoms with van der Waals surface area (Å²) in [5.74, 6) is -0.872. The van der Waals surface area contributed by atoms with Gasteiger partial charge in [-0.05, 0) is 60.9 Å². The van der Waals surface area contributed by atoms with Gasteiger partial charge in [0.1, 0.15) is 6.04 Å². The lowest BCUT2D eigenvalue weighted by Gasteiger charge is -2.43. The smallest absolute Gasteiger partial charge is 0.322 e. The molecule has 9 heteroatoms. The third-order valence-corrected chi connectivity index (χ3v) is 6.82. The maximum Gasteiger partial charge on any atom is 0.322 e. The maximum absolute atomic E-state index is 12.6. The maximum atomic E-state index is 12.6. The lowest BCUT2D eigenvalue weighted by Crippen LogP contribution is -2.52. The summed E-state index contributed by atoms with van der Waals surface area (Å²) in [6.07, 6.45) is 4.76. The molecular weight excluding hydrogens is 440 g/mol. The van der Waals surface area contributed by atoms with E-state index in [-0.39, 0.29) is 18.2 Å². The van der Waals surface area contributed by atoms with Crippen LogP contribution in [-0.4, -0.2) is 36.1 Å². The molecule has 8 nitrogen and oxygen atoms in total. The number of nitrogens with one attached hydrogen (secondary N) is 4. The number of hydrogen-bond donors (Lipinski definition) is 4. The number of thioether (sulfide) groups is 1. The van der Waals surface area contributed by atoms with Gasteiger partial charge >= 0.3 is 6.03 Å². The highest BCUT2D eigenvalue weighted by atomic mass is 32.2. The number of imide groups is 1. The van der Waals surface area contributed by atoms with E-state index < -0.39 is 23.5 Å². The molecule has 1 saturated heterocycles. The van der Waals surface area contributed by atoms with E-state index in [0.717, 1.165) is 35.3 Å². The first-order valence-corrected chi connectivity index (χ1v) is 12.0. The zero-order chi connectivity index (χ0) is 23.4. The van der Waals surface area contributed by atoms with Crippen LogP contribution in [-0.2, 0) is 26.3 Å². The van der Waals surface area contributed by atoms with Gasteiger partial charge in [-0.2, -0.15) is 0 Å². The molecule has 2 aliphatic rings. The van der Waals surface area contributed by atoms with Crippen molar-refractivity contribution in [2.24, 2.45) is 0 Å². The van der Waals surface area contributed by atoms with Crippen LogP contribution in [0.1, 0.15) is 36.8 Å². The van der Waals surface area contributed by atoms with Crippen molar-refractivity contribution in [2.75, 3.05) is 11.6 Å². The van der Waals surface area contributed by atoms with Gasteiger partial charge < -0.3 is 16.0 Å². The van der Waals surface area contributed by atoms with Crippen molar-refractivity contribution >= 4 is 41.2 Å². The van der Waals surface area contributed by atoms with Crippen molar-refractivity contribution in [1.29, 1.82) is 0 Å². The first kappa shape index (κ1) is 22.8. The molecule has 1 heterocycles. The van der Waals surface area contributed by atoms with Crippen molar-refractivity contribution in [3.63, 3.8) is 0 Å². The minimum absolute atomic E-state index is 0.0943. The number of carbonyl (C=O) groups excluding carboxylic acids is 4. The molecule has 2 fully saturated rings. The third kappa shape index (κ3) is 5.36. The van der Waals surface area contributed by atoms with Crippen LogP contribution in [0.4, 0.5) is 10.5 Å². The Balaban J connectivity index is 1.34. The van der Waals surface area contributed by atoms with Gasteiger partial charge in [0.25, 0.3) is 5.91 Å². The van der Waals surface area contributed by atoms with E-state index in [9.17, 15) is 19.2 Å². The molecule has 0 spiro atoms. The van der Waals surface area contributed by atoms with E-state index in [1.807, 2.05) is 54.8 Å². The molecule has 5 amide bonds. The predicted molar refractivity (Wildman–Crippen MR) is 126 cm³/mol. The molecule has 0 bridgehead atoms. The molecule has 33 heavy (non-hydrogen) atoms. The Kier molecular flexibility index (Phi) is 6.69. The first-order chi connectivity index (χ1) is 15.9. The van der Waals surface area contributed by atoms with E-state index in [4.69, 9.17) is 0 Å². The van der Waals surface area contributed by atoms with E-state index >= 15 is 0 Å². The van der Waals surface area contributed by atoms with Crippen LogP contribution in [0.5, 0.6) is 0 Å². The van der Waals surface area contributed by atoms with E-state index in [0.29, 0.717) is 12.1 Å². The summed E-state index contributed by atoms with van der Waals surface area (Å²) in [5, 5.41) is 10.5. The molecular formula is C24H26N4O4S. The van der Waals surface area contributed by atoms with Crippen LogP contribution in [0.25, 0.3) is 0 Å². The molecule has 1 aliphatic heterocycles. The molecule has 172 valence electrons. The number of urea groups is 1. The fourth-order valence-corrected chi connectivity index (χ4v) is 4.54. The Labute approximate surface area is 196 Å². The van der Waals surface area contributed by atoms with Crippen molar-refractivity contribution < 1.29 is 19.2 Å². The number of hydrogen-bond acceptors (Lipinski definition) is 5. The van der Waals surface area contributed by atoms with Crippen molar-refractivity contribution in [3.05, 3.63) is 59.7 Å². The second kappa shape index (κ2) is 9.66. The fraction of sp³-hybridized carbons (Fsp3) is 0.333. The summed E-state index contributed by atoms with van der Waals surface area (Å²) in [6, 6.07) is 14.0. The van der Waals surface area contributed by atoms with Crippen LogP contribution >= 0.6 is 11.8 Å². The Morgan fingerprint density at radius 3 is 2.27 bits per heavy atom. The largest absolute Gasteiger partial charge is 0.347 e. The third-order valence-electron chi connectivity index (χ3n) is 6.08. The minimum atomic E-state index is -0.843. The standard InChI is InChI=1S/C24H26N4O4S/c1-33-18-9-3-15(4-10-18)13-20(29)25-17-7-5-16(6-8-17)24(11-2-12-24)28-21(30)14-19-22(31)27-23(32)26-19/h3-10,19H,2,11-14H2,1H3,(H,25,29)(H,28,30)(H2,26,27,31,32). The van der Waals surface area contributed by atoms with E-state index in [1.165, 1.54) is 0 Å². The van der Waals surface area contributed by atoms with Gasteiger partial charge in [-0.25, -0.2) is 4.79 Å². The van der Waals surface area contributed by atoms with Gasteiger partial charge in [0.2, 0.25) is 11.8 Å². The monoisotopic (exact) mass is 466 g/mol. The normalized spacial score (nSPS) is 18.6. The van der Waals surface area contributed by atoms with E-state index in [2.05, 4.69) is 21.3 Å². The molecule has 4 rings (SSSR count). The molecule has 0 aromatic heterocycles. The zero-order valence-corrected chi connectivity index (χ0v) is 19.1. The quantitative estimate of drug-likeness (QED) is 0.353. The van der Waals surface area contributed by atoms with Crippen LogP contribution in [0.2, 0.25) is 0 Å². The average molecular weight is 467 g/mol. The van der Waals surface area contributed by atoms with Crippen LogP contribution in [0.3, 0.4) is 0 Å². The number of anilines is 1. The van der Waals surface area contributed by atoms with Gasteiger partial charge in [0.05, 0.1) is 18.4 Å². The van der Waals surface area contributed by atoms with Crippen molar-refractivity contribution in [1.82, 2.24) is 16.0 Å². The Bertz CT molecular complexity index is 1060. The fourth-order valence-electron chi connectivity index (χ4n) is 4.13. The highest BCUT2D eigenvalue weighted by molar-refractivity contribution is 7.98. The Morgan fingerprint density at radius 2 is 1.73 bits per heavy atom. The SMILES string of the molecule is CSc1ccc(CC(=O)Nc2ccc(C3(NC(=O)CC4NC(=O)NC4=O)CCC3)cc2)cc1. The highest BCUT2D eigenvalue weighted by Gasteiger charge is 2.41. The van der Waals surface area contributed by atoms with Gasteiger partial charge in [0.15, 0.2) is 0 Å². The van der Waals surface area contributed by atoms with Gasteiger partial charge in [-0.1, -0.05) is 24.3 Å². The molecule has 4 N–H and O–H groups in total. The molecule has 1 aliphatic carbocycles. The highest BCUT2D eigenvalue weighted by Crippen LogP contribution is 2.41. The molecule has 1 atom stereocenters. The van der Waals surface area contributed by atoms with Crippen LogP contribution in [0.15, 0.2) is 53.4 Å². The Hall–Kier alpha value is -3.33. The summed E-state index contributed by atoms with van der Waals surface area (Å²) in [5.41, 5.74) is 2.10. The molecule has 1 saturated carbocycles. The van der Waals surface area contributed by atoms with Crippen LogP contribution in [0, 0.1) is 0 Å². The molecule has 2 aromatic rings. The zero-order valence-electron chi connectivity index (χ0n) is 18.3. The summed E-state index contributed by atoms with van der Waals surface area (Å²) < 4.78 is 0. The van der Waals surface area contributed by atoms with E-state index in [1.54, 1.807) is 11.8 Å². The number of rotatable bonds is 8. The van der Waals surface area contributed by atoms with Crippen molar-refractivity contribution in [3.8, 4) is 0 Å². The summed E-state index contributed by atoms with van der Waals surface area (Å²) >= 11 is 1.66. The topological polar surface area (TPSA) is 116 Å². The first-order valence-electron chi connectivity index (χ1n) is 10.8. The number of benzene rings is 2. The number of carbonyl (C=O) groups is 4. The van der Waals surface area contributed by atoms with Gasteiger partial charge in [0, 0.05) is 10.6 Å². The second-order valence-corrected chi connectivity index (χ2v) is 9.23. The van der Waals surface area contributed by atoms with Gasteiger partial charge in [-0.3, -0.25) is 19.7 Å². The minimum Gasteiger partial charge on any atom is -0.347 e. The summed E-state index contributed by atoms with van der Waals surface area (Å²) in [6.45, 7) is 0. The molecule has 1 unspecified atom stereocenters. The summed E-state index contributed by atoms with van der Waals surface area (Å²) in [4.78, 5) is 49.1. The van der Waals surface area contributed by atoms with Gasteiger partial charge in [-0.15, -0.1) is 11.8 Å². The van der Waals surface area contributed by atoms with Crippen molar-refractivity contribution in [2.45, 2.75) is 48.6 Å². The molecule has 0 radical (unpaired) electrons. The summed E-state index contributed by atoms with van der Waals surface area (Å²) in [7, 11) is 0. The second-order valence-electron chi connectivity index (χ2n) is 8.35. The molecule has 2 aromatic carbocycles. The van der Waals surface area contributed by atoms with Crippen LogP contribution < -0.4 is 21.3 Å². The number of amides is 5. The predicted octanol–water partition coefficient (Wildman–Crippen LogP) is 2.68. The lowest BCUT2D eigenvalue weighted by atomic mass is 9.71. The lowest BCUT2D eigenvalue weighted by molar-refractivity contribution is -0.128. The average Bonchev–Trinajstić information content (AvgIpc) is 3.08.